The van der Waals surface area contributed by atoms with Crippen molar-refractivity contribution >= 4 is 0 Å². The van der Waals surface area contributed by atoms with Crippen LogP contribution in [0.25, 0.3) is 0 Å². The lowest BCUT2D eigenvalue weighted by Gasteiger charge is -2.20. The Morgan fingerprint density at radius 3 is 1.71 bits per heavy atom. The van der Waals surface area contributed by atoms with Crippen LogP contribution in [0.3, 0.4) is 0 Å². The number of aryl methyl sites for hydroxylation is 1. The number of hydrogen-bond donors (Lipinski definition) is 2. The van der Waals surface area contributed by atoms with Crippen LogP contribution in [0, 0.1) is 6.92 Å². The molecule has 88 valence electrons. The summed E-state index contributed by atoms with van der Waals surface area (Å²) in [7, 11) is 0. The van der Waals surface area contributed by atoms with E-state index in [0.29, 0.717) is 0 Å². The van der Waals surface area contributed by atoms with Gasteiger partial charge >= 0.3 is 0 Å². The second-order valence-corrected chi connectivity index (χ2v) is 4.37. The highest BCUT2D eigenvalue weighted by Crippen LogP contribution is 2.24. The van der Waals surface area contributed by atoms with Gasteiger partial charge in [-0.15, -0.1) is 0 Å². The van der Waals surface area contributed by atoms with Crippen LogP contribution in [0.15, 0.2) is 54.6 Å². The van der Waals surface area contributed by atoms with Gasteiger partial charge in [-0.25, -0.2) is 0 Å². The summed E-state index contributed by atoms with van der Waals surface area (Å²) in [6.45, 7) is 2.06. The van der Waals surface area contributed by atoms with Crippen LogP contribution in [0.5, 0.6) is 0 Å². The number of rotatable bonds is 3. The van der Waals surface area contributed by atoms with Gasteiger partial charge in [0.2, 0.25) is 0 Å². The van der Waals surface area contributed by atoms with Crippen LogP contribution in [-0.2, 0) is 0 Å². The molecule has 0 saturated heterocycles. The third kappa shape index (κ3) is 2.73. The van der Waals surface area contributed by atoms with Crippen molar-refractivity contribution in [2.45, 2.75) is 19.0 Å². The van der Waals surface area contributed by atoms with Gasteiger partial charge in [0.25, 0.3) is 0 Å². The first-order chi connectivity index (χ1) is 8.18. The molecular weight excluding hydrogens is 208 g/mol. The van der Waals surface area contributed by atoms with Gasteiger partial charge in [-0.2, -0.15) is 0 Å². The molecule has 2 heteroatoms. The molecule has 17 heavy (non-hydrogen) atoms. The molecular formula is C15H18N2. The van der Waals surface area contributed by atoms with Crippen LogP contribution in [0.1, 0.15) is 28.8 Å². The van der Waals surface area contributed by atoms with Crippen LogP contribution >= 0.6 is 0 Å². The molecule has 0 fully saturated rings. The predicted octanol–water partition coefficient (Wildman–Crippen LogP) is 2.69. The first kappa shape index (κ1) is 11.8. The monoisotopic (exact) mass is 226 g/mol. The zero-order valence-electron chi connectivity index (χ0n) is 10.0. The van der Waals surface area contributed by atoms with Gasteiger partial charge in [0.1, 0.15) is 0 Å². The molecule has 2 aromatic rings. The summed E-state index contributed by atoms with van der Waals surface area (Å²) in [5, 5.41) is 0. The summed E-state index contributed by atoms with van der Waals surface area (Å²) in [5.41, 5.74) is 15.8. The Morgan fingerprint density at radius 1 is 0.706 bits per heavy atom. The van der Waals surface area contributed by atoms with Crippen LogP contribution < -0.4 is 11.5 Å². The van der Waals surface area contributed by atoms with E-state index in [1.807, 2.05) is 42.5 Å². The van der Waals surface area contributed by atoms with Gasteiger partial charge in [-0.05, 0) is 18.1 Å². The highest BCUT2D eigenvalue weighted by atomic mass is 14.8. The smallest absolute Gasteiger partial charge is 0.0491 e. The van der Waals surface area contributed by atoms with Crippen molar-refractivity contribution in [2.75, 3.05) is 0 Å². The molecule has 2 atom stereocenters. The molecule has 1 unspecified atom stereocenters. The van der Waals surface area contributed by atoms with Crippen molar-refractivity contribution < 1.29 is 0 Å². The summed E-state index contributed by atoms with van der Waals surface area (Å²) in [4.78, 5) is 0. The molecule has 0 radical (unpaired) electrons. The molecule has 0 amide bonds. The molecule has 0 spiro atoms. The van der Waals surface area contributed by atoms with E-state index in [-0.39, 0.29) is 12.1 Å². The Hall–Kier alpha value is -1.64. The van der Waals surface area contributed by atoms with E-state index in [9.17, 15) is 0 Å². The number of hydrogen-bond acceptors (Lipinski definition) is 2. The van der Waals surface area contributed by atoms with Crippen molar-refractivity contribution in [3.8, 4) is 0 Å². The van der Waals surface area contributed by atoms with E-state index in [4.69, 9.17) is 11.5 Å². The Bertz CT molecular complexity index is 462. The van der Waals surface area contributed by atoms with E-state index in [1.165, 1.54) is 5.56 Å². The molecule has 0 saturated carbocycles. The van der Waals surface area contributed by atoms with Gasteiger partial charge < -0.3 is 11.5 Å². The third-order valence-electron chi connectivity index (χ3n) is 3.03. The van der Waals surface area contributed by atoms with Crippen molar-refractivity contribution in [1.29, 1.82) is 0 Å². The van der Waals surface area contributed by atoms with Crippen molar-refractivity contribution in [3.05, 3.63) is 71.3 Å². The molecule has 2 aromatic carbocycles. The Morgan fingerprint density at radius 2 is 1.18 bits per heavy atom. The zero-order chi connectivity index (χ0) is 12.3. The summed E-state index contributed by atoms with van der Waals surface area (Å²) >= 11 is 0. The van der Waals surface area contributed by atoms with Gasteiger partial charge in [0, 0.05) is 12.1 Å². The minimum atomic E-state index is -0.169. The van der Waals surface area contributed by atoms with E-state index in [2.05, 4.69) is 19.1 Å². The molecule has 0 bridgehead atoms. The Balaban J connectivity index is 2.20. The van der Waals surface area contributed by atoms with E-state index in [1.54, 1.807) is 0 Å². The Labute approximate surface area is 102 Å². The van der Waals surface area contributed by atoms with Crippen molar-refractivity contribution in [1.82, 2.24) is 0 Å². The van der Waals surface area contributed by atoms with E-state index < -0.39 is 0 Å². The zero-order valence-corrected chi connectivity index (χ0v) is 10.0. The normalized spacial score (nSPS) is 14.3. The number of benzene rings is 2. The lowest BCUT2D eigenvalue weighted by molar-refractivity contribution is 0.574. The highest BCUT2D eigenvalue weighted by molar-refractivity contribution is 5.28. The van der Waals surface area contributed by atoms with Gasteiger partial charge in [0.15, 0.2) is 0 Å². The lowest BCUT2D eigenvalue weighted by atomic mass is 9.94. The average Bonchev–Trinajstić information content (AvgIpc) is 2.39. The highest BCUT2D eigenvalue weighted by Gasteiger charge is 2.16. The van der Waals surface area contributed by atoms with Gasteiger partial charge in [-0.3, -0.25) is 0 Å². The third-order valence-corrected chi connectivity index (χ3v) is 3.03. The molecule has 0 aliphatic carbocycles. The summed E-state index contributed by atoms with van der Waals surface area (Å²) < 4.78 is 0. The molecule has 0 aromatic heterocycles. The van der Waals surface area contributed by atoms with Gasteiger partial charge in [-0.1, -0.05) is 60.2 Å². The first-order valence-electron chi connectivity index (χ1n) is 5.81. The predicted molar refractivity (Wildman–Crippen MR) is 71.5 cm³/mol. The fourth-order valence-corrected chi connectivity index (χ4v) is 1.88. The van der Waals surface area contributed by atoms with Crippen LogP contribution in [0.2, 0.25) is 0 Å². The van der Waals surface area contributed by atoms with E-state index >= 15 is 0 Å². The van der Waals surface area contributed by atoms with Crippen molar-refractivity contribution in [2.24, 2.45) is 11.5 Å². The molecule has 0 aliphatic rings. The SMILES string of the molecule is Cc1ccc(C(N)[C@H](N)c2ccccc2)cc1. The second kappa shape index (κ2) is 5.13. The molecule has 4 N–H and O–H groups in total. The maximum absolute atomic E-state index is 6.20. The number of nitrogens with two attached hydrogens (primary N) is 2. The maximum atomic E-state index is 6.20. The summed E-state index contributed by atoms with van der Waals surface area (Å²) in [6.07, 6.45) is 0. The van der Waals surface area contributed by atoms with Crippen LogP contribution in [0.4, 0.5) is 0 Å². The standard InChI is InChI=1S/C15H18N2/c1-11-7-9-13(10-8-11)15(17)14(16)12-5-3-2-4-6-12/h2-10,14-15H,16-17H2,1H3/t14-,15?/m1/s1. The minimum Gasteiger partial charge on any atom is -0.322 e. The summed E-state index contributed by atoms with van der Waals surface area (Å²) in [5.74, 6) is 0. The maximum Gasteiger partial charge on any atom is 0.0491 e. The summed E-state index contributed by atoms with van der Waals surface area (Å²) in [6, 6.07) is 17.8. The average molecular weight is 226 g/mol. The molecule has 2 rings (SSSR count). The van der Waals surface area contributed by atoms with Gasteiger partial charge in [0.05, 0.1) is 0 Å². The second-order valence-electron chi connectivity index (χ2n) is 4.37. The topological polar surface area (TPSA) is 52.0 Å². The first-order valence-corrected chi connectivity index (χ1v) is 5.81. The lowest BCUT2D eigenvalue weighted by Crippen LogP contribution is -2.26. The fourth-order valence-electron chi connectivity index (χ4n) is 1.88. The molecule has 0 heterocycles. The fraction of sp³-hybridized carbons (Fsp3) is 0.200. The largest absolute Gasteiger partial charge is 0.322 e. The van der Waals surface area contributed by atoms with Crippen LogP contribution in [-0.4, -0.2) is 0 Å². The van der Waals surface area contributed by atoms with E-state index in [0.717, 1.165) is 11.1 Å². The molecule has 2 nitrogen and oxygen atoms in total. The Kier molecular flexibility index (Phi) is 3.57. The quantitative estimate of drug-likeness (QED) is 0.845. The molecule has 0 aliphatic heterocycles. The van der Waals surface area contributed by atoms with Crippen molar-refractivity contribution in [3.63, 3.8) is 0 Å². The minimum absolute atomic E-state index is 0.168.